The Kier molecular flexibility index (Phi) is 14.2. The SMILES string of the molecule is CCNC1C=C2C=CCCC2CC1C(CCCO)OC(=O)C12OC1(CC=C(C)CC(NC(N)=NC)c1ccnc(NCNC)c1)C(=O)c1cccc(CC(C)C)c1C2=O. The van der Waals surface area contributed by atoms with Crippen LogP contribution in [0.3, 0.4) is 0 Å². The van der Waals surface area contributed by atoms with Crippen LogP contribution in [0.2, 0.25) is 0 Å². The molecule has 1 aromatic carbocycles. The van der Waals surface area contributed by atoms with Crippen LogP contribution < -0.4 is 27.0 Å². The molecule has 13 nitrogen and oxygen atoms in total. The predicted octanol–water partition coefficient (Wildman–Crippen LogP) is 5.33. The maximum absolute atomic E-state index is 15.0. The normalized spacial score (nSPS) is 26.0. The molecule has 0 spiro atoms. The second-order valence-corrected chi connectivity index (χ2v) is 16.8. The first kappa shape index (κ1) is 43.9. The summed E-state index contributed by atoms with van der Waals surface area (Å²) in [5, 5.41) is 23.1. The van der Waals surface area contributed by atoms with Gasteiger partial charge in [0.05, 0.1) is 12.7 Å². The third kappa shape index (κ3) is 9.08. The van der Waals surface area contributed by atoms with E-state index in [4.69, 9.17) is 15.2 Å². The fourth-order valence-corrected chi connectivity index (χ4v) is 9.24. The zero-order valence-electron chi connectivity index (χ0n) is 35.5. The average Bonchev–Trinajstić information content (AvgIpc) is 3.94. The lowest BCUT2D eigenvalue weighted by atomic mass is 9.70. The Balaban J connectivity index is 1.35. The summed E-state index contributed by atoms with van der Waals surface area (Å²) >= 11 is 0. The number of ketones is 2. The Bertz CT molecular complexity index is 1990. The molecule has 1 saturated heterocycles. The number of ether oxygens (including phenoxy) is 2. The third-order valence-electron chi connectivity index (χ3n) is 12.2. The number of hydrogen-bond donors (Lipinski definition) is 6. The van der Waals surface area contributed by atoms with Crippen molar-refractivity contribution in [2.75, 3.05) is 39.2 Å². The number of carbonyl (C=O) groups excluding carboxylic acids is 3. The molecular formula is C46H63N7O6. The number of aromatic nitrogens is 1. The minimum Gasteiger partial charge on any atom is -0.459 e. The molecule has 7 atom stereocenters. The van der Waals surface area contributed by atoms with Crippen molar-refractivity contribution in [2.24, 2.45) is 28.5 Å². The summed E-state index contributed by atoms with van der Waals surface area (Å²) in [7, 11) is 3.45. The van der Waals surface area contributed by atoms with Gasteiger partial charge in [-0.2, -0.15) is 0 Å². The summed E-state index contributed by atoms with van der Waals surface area (Å²) in [6.45, 7) is 9.27. The number of Topliss-reactive ketones (excluding diaryl/α,β-unsaturated/α-hetero) is 2. The van der Waals surface area contributed by atoms with Crippen LogP contribution in [0, 0.1) is 17.8 Å². The van der Waals surface area contributed by atoms with Gasteiger partial charge in [0.2, 0.25) is 5.78 Å². The molecule has 2 heterocycles. The first-order chi connectivity index (χ1) is 28.4. The Labute approximate surface area is 348 Å². The fraction of sp³-hybridized carbons (Fsp3) is 0.543. The van der Waals surface area contributed by atoms with Gasteiger partial charge >= 0.3 is 5.97 Å². The summed E-state index contributed by atoms with van der Waals surface area (Å²) < 4.78 is 13.0. The monoisotopic (exact) mass is 809 g/mol. The highest BCUT2D eigenvalue weighted by atomic mass is 16.7. The maximum atomic E-state index is 15.0. The Morgan fingerprint density at radius 1 is 1.22 bits per heavy atom. The molecule has 1 aromatic heterocycles. The number of nitrogens with zero attached hydrogens (tertiary/aromatic N) is 2. The zero-order valence-corrected chi connectivity index (χ0v) is 35.5. The number of pyridine rings is 1. The summed E-state index contributed by atoms with van der Waals surface area (Å²) in [6.07, 6.45) is 14.2. The molecule has 4 aliphatic rings. The number of aliphatic imine (C=N–C) groups is 1. The average molecular weight is 810 g/mol. The van der Waals surface area contributed by atoms with Crippen LogP contribution in [0.25, 0.3) is 0 Å². The molecule has 2 aromatic rings. The molecule has 0 amide bonds. The van der Waals surface area contributed by atoms with Gasteiger partial charge in [0.15, 0.2) is 17.3 Å². The van der Waals surface area contributed by atoms with E-state index in [1.54, 1.807) is 25.4 Å². The van der Waals surface area contributed by atoms with Crippen molar-refractivity contribution in [3.8, 4) is 0 Å². The summed E-state index contributed by atoms with van der Waals surface area (Å²) in [6, 6.07) is 8.76. The van der Waals surface area contributed by atoms with Crippen molar-refractivity contribution in [1.29, 1.82) is 0 Å². The van der Waals surface area contributed by atoms with Gasteiger partial charge in [0.1, 0.15) is 11.9 Å². The molecule has 7 unspecified atom stereocenters. The number of esters is 1. The van der Waals surface area contributed by atoms with Gasteiger partial charge in [-0.15, -0.1) is 0 Å². The molecule has 0 radical (unpaired) electrons. The minimum atomic E-state index is -2.15. The summed E-state index contributed by atoms with van der Waals surface area (Å²) in [5.74, 6) is -0.427. The number of nitrogens with two attached hydrogens (primary N) is 1. The van der Waals surface area contributed by atoms with Crippen molar-refractivity contribution in [2.45, 2.75) is 108 Å². The molecule has 59 heavy (non-hydrogen) atoms. The molecule has 318 valence electrons. The number of epoxide rings is 1. The number of benzene rings is 1. The fourth-order valence-electron chi connectivity index (χ4n) is 9.24. The van der Waals surface area contributed by atoms with E-state index in [-0.39, 0.29) is 54.0 Å². The smallest absolute Gasteiger partial charge is 0.350 e. The van der Waals surface area contributed by atoms with E-state index in [9.17, 15) is 14.7 Å². The van der Waals surface area contributed by atoms with Crippen molar-refractivity contribution in [3.05, 3.63) is 94.2 Å². The van der Waals surface area contributed by atoms with Crippen molar-refractivity contribution < 1.29 is 29.0 Å². The Morgan fingerprint density at radius 2 is 2.03 bits per heavy atom. The largest absolute Gasteiger partial charge is 0.459 e. The number of fused-ring (bicyclic) bond motifs is 3. The number of aliphatic hydroxyl groups is 1. The highest BCUT2D eigenvalue weighted by molar-refractivity contribution is 6.33. The van der Waals surface area contributed by atoms with E-state index < -0.39 is 34.8 Å². The predicted molar refractivity (Wildman–Crippen MR) is 230 cm³/mol. The molecule has 0 bridgehead atoms. The van der Waals surface area contributed by atoms with Gasteiger partial charge in [0.25, 0.3) is 5.60 Å². The lowest BCUT2D eigenvalue weighted by molar-refractivity contribution is -0.158. The molecule has 0 saturated carbocycles. The molecule has 1 fully saturated rings. The van der Waals surface area contributed by atoms with E-state index >= 15 is 4.79 Å². The Morgan fingerprint density at radius 3 is 2.76 bits per heavy atom. The number of allylic oxidation sites excluding steroid dienone is 3. The third-order valence-corrected chi connectivity index (χ3v) is 12.2. The first-order valence-electron chi connectivity index (χ1n) is 21.3. The van der Waals surface area contributed by atoms with E-state index in [0.29, 0.717) is 56.2 Å². The molecular weight excluding hydrogens is 747 g/mol. The lowest BCUT2D eigenvalue weighted by Gasteiger charge is -2.40. The Hall–Kier alpha value is -4.69. The van der Waals surface area contributed by atoms with E-state index in [0.717, 1.165) is 30.4 Å². The number of anilines is 1. The standard InChI is InChI=1S/C46H63N7O6/c1-7-50-37-25-31-13-9-8-12-30(31)24-35(37)38(16-11-21-54)58-43(57)46-42(56)40-33(22-28(2)3)14-10-15-34(40)41(55)45(46,59-46)19-17-29(4)23-36(53-44(47)49-6)32-18-20-51-39(26-32)52-27-48-5/h9-10,13-15,17-18,20,25-26,28,30,35-38,48,50,54H,7-8,11-12,16,19,21-24,27H2,1-6H3,(H,51,52)(H3,47,49,53). The molecule has 3 aliphatic carbocycles. The van der Waals surface area contributed by atoms with Crippen LogP contribution in [0.15, 0.2) is 77.0 Å². The van der Waals surface area contributed by atoms with Crippen LogP contribution in [0.1, 0.15) is 111 Å². The molecule has 6 rings (SSSR count). The van der Waals surface area contributed by atoms with Crippen LogP contribution in [0.5, 0.6) is 0 Å². The minimum absolute atomic E-state index is 0.0208. The van der Waals surface area contributed by atoms with Gasteiger partial charge in [0, 0.05) is 49.4 Å². The number of guanidine groups is 1. The van der Waals surface area contributed by atoms with E-state index in [1.165, 1.54) is 5.57 Å². The van der Waals surface area contributed by atoms with E-state index in [2.05, 4.69) is 63.3 Å². The van der Waals surface area contributed by atoms with Crippen LogP contribution in [-0.4, -0.2) is 90.8 Å². The van der Waals surface area contributed by atoms with Crippen LogP contribution in [-0.2, 0) is 20.7 Å². The summed E-state index contributed by atoms with van der Waals surface area (Å²) in [5.41, 5.74) is 6.54. The number of rotatable bonds is 19. The number of likely N-dealkylation sites (N-methyl/N-ethyl adjacent to an activating group) is 1. The van der Waals surface area contributed by atoms with Crippen molar-refractivity contribution in [1.82, 2.24) is 20.9 Å². The van der Waals surface area contributed by atoms with Gasteiger partial charge in [-0.3, -0.25) is 14.6 Å². The summed E-state index contributed by atoms with van der Waals surface area (Å²) in [4.78, 5) is 53.4. The molecule has 1 aliphatic heterocycles. The van der Waals surface area contributed by atoms with Gasteiger partial charge in [-0.05, 0) is 106 Å². The van der Waals surface area contributed by atoms with Gasteiger partial charge in [-0.1, -0.05) is 68.8 Å². The first-order valence-corrected chi connectivity index (χ1v) is 21.3. The van der Waals surface area contributed by atoms with Crippen molar-refractivity contribution in [3.63, 3.8) is 0 Å². The second-order valence-electron chi connectivity index (χ2n) is 16.8. The number of aliphatic hydroxyl groups excluding tert-OH is 1. The molecule has 13 heteroatoms. The topological polar surface area (TPSA) is 193 Å². The molecule has 7 N–H and O–H groups in total. The number of carbonyl (C=O) groups is 3. The quantitative estimate of drug-likeness (QED) is 0.0204. The lowest BCUT2D eigenvalue weighted by Crippen LogP contribution is -2.53. The van der Waals surface area contributed by atoms with Crippen molar-refractivity contribution >= 4 is 29.3 Å². The van der Waals surface area contributed by atoms with Gasteiger partial charge < -0.3 is 41.6 Å². The zero-order chi connectivity index (χ0) is 42.3. The van der Waals surface area contributed by atoms with E-state index in [1.807, 2.05) is 45.2 Å². The van der Waals surface area contributed by atoms with Crippen LogP contribution >= 0.6 is 0 Å². The van der Waals surface area contributed by atoms with Gasteiger partial charge in [-0.25, -0.2) is 9.78 Å². The second kappa shape index (κ2) is 19.1. The number of hydrogen-bond acceptors (Lipinski definition) is 11. The highest BCUT2D eigenvalue weighted by Crippen LogP contribution is 2.59. The van der Waals surface area contributed by atoms with Crippen LogP contribution in [0.4, 0.5) is 5.82 Å². The maximum Gasteiger partial charge on any atom is 0.350 e. The number of nitrogens with one attached hydrogen (secondary N) is 4. The highest BCUT2D eigenvalue weighted by Gasteiger charge is 2.85.